The molecular weight excluding hydrogens is 415 g/mol. The standard InChI is InChI=1S/C14H15BrNO2S.Y/c1-16-13(4-3-5-14(16)17)11-7-6-10(8-12(11)15)18-9-19-2;/h6-8H,3,5,9H2,1-2H3;/q-1;. The summed E-state index contributed by atoms with van der Waals surface area (Å²) in [6.45, 7) is 0. The predicted octanol–water partition coefficient (Wildman–Crippen LogP) is 3.54. The van der Waals surface area contributed by atoms with E-state index in [2.05, 4.69) is 22.0 Å². The second-order valence-electron chi connectivity index (χ2n) is 4.17. The molecule has 3 nitrogen and oxygen atoms in total. The van der Waals surface area contributed by atoms with Gasteiger partial charge in [0.1, 0.15) is 11.7 Å². The van der Waals surface area contributed by atoms with E-state index in [1.54, 1.807) is 23.7 Å². The predicted molar refractivity (Wildman–Crippen MR) is 81.8 cm³/mol. The number of halogens is 1. The number of allylic oxidation sites excluding steroid dienone is 1. The quantitative estimate of drug-likeness (QED) is 0.541. The maximum Gasteiger partial charge on any atom is 0.222 e. The van der Waals surface area contributed by atoms with Gasteiger partial charge in [-0.1, -0.05) is 20.4 Å². The van der Waals surface area contributed by atoms with E-state index in [1.165, 1.54) is 0 Å². The summed E-state index contributed by atoms with van der Waals surface area (Å²) < 4.78 is 6.46. The average Bonchev–Trinajstić information content (AvgIpc) is 2.40. The van der Waals surface area contributed by atoms with E-state index in [0.717, 1.165) is 21.5 Å². The van der Waals surface area contributed by atoms with Crippen LogP contribution in [0.15, 0.2) is 22.7 Å². The van der Waals surface area contributed by atoms with Crippen molar-refractivity contribution in [3.63, 3.8) is 0 Å². The normalized spacial score (nSPS) is 14.7. The van der Waals surface area contributed by atoms with Crippen molar-refractivity contribution >= 4 is 39.3 Å². The van der Waals surface area contributed by atoms with Crippen LogP contribution in [-0.2, 0) is 37.5 Å². The minimum atomic E-state index is 0. The molecule has 0 N–H and O–H groups in total. The van der Waals surface area contributed by atoms with Gasteiger partial charge in [-0.3, -0.25) is 4.79 Å². The van der Waals surface area contributed by atoms with Crippen LogP contribution < -0.4 is 4.74 Å². The van der Waals surface area contributed by atoms with Gasteiger partial charge in [-0.05, 0) is 18.4 Å². The van der Waals surface area contributed by atoms with Gasteiger partial charge in [0.05, 0.1) is 0 Å². The van der Waals surface area contributed by atoms with Crippen LogP contribution >= 0.6 is 27.7 Å². The van der Waals surface area contributed by atoms with Crippen LogP contribution in [0, 0.1) is 6.08 Å². The Labute approximate surface area is 157 Å². The van der Waals surface area contributed by atoms with Gasteiger partial charge in [-0.2, -0.15) is 0 Å². The van der Waals surface area contributed by atoms with Crippen molar-refractivity contribution in [2.24, 2.45) is 0 Å². The number of ether oxygens (including phenoxy) is 1. The zero-order chi connectivity index (χ0) is 13.8. The molecule has 1 aromatic rings. The fourth-order valence-corrected chi connectivity index (χ4v) is 2.68. The van der Waals surface area contributed by atoms with Crippen molar-refractivity contribution in [3.8, 4) is 5.75 Å². The number of carbonyl (C=O) groups is 1. The van der Waals surface area contributed by atoms with Gasteiger partial charge < -0.3 is 9.64 Å². The van der Waals surface area contributed by atoms with Crippen molar-refractivity contribution in [3.05, 3.63) is 34.3 Å². The van der Waals surface area contributed by atoms with Crippen molar-refractivity contribution in [1.29, 1.82) is 0 Å². The fraction of sp³-hybridized carbons (Fsp3) is 0.357. The zero-order valence-corrected chi connectivity index (χ0v) is 16.7. The first-order valence-electron chi connectivity index (χ1n) is 5.92. The van der Waals surface area contributed by atoms with Crippen molar-refractivity contribution in [2.45, 2.75) is 12.8 Å². The molecule has 0 fully saturated rings. The molecule has 1 radical (unpaired) electrons. The second kappa shape index (κ2) is 8.57. The van der Waals surface area contributed by atoms with Gasteiger partial charge in [0.25, 0.3) is 0 Å². The van der Waals surface area contributed by atoms with E-state index in [-0.39, 0.29) is 38.6 Å². The summed E-state index contributed by atoms with van der Waals surface area (Å²) in [6, 6.07) is 5.79. The van der Waals surface area contributed by atoms with Crippen molar-refractivity contribution < 1.29 is 42.2 Å². The summed E-state index contributed by atoms with van der Waals surface area (Å²) in [5.74, 6) is 1.57. The molecule has 1 aliphatic rings. The molecule has 6 heteroatoms. The van der Waals surface area contributed by atoms with E-state index in [4.69, 9.17) is 4.74 Å². The summed E-state index contributed by atoms with van der Waals surface area (Å²) in [4.78, 5) is 13.4. The summed E-state index contributed by atoms with van der Waals surface area (Å²) in [6.07, 6.45) is 6.47. The number of amides is 1. The molecule has 1 heterocycles. The van der Waals surface area contributed by atoms with Crippen LogP contribution in [0.1, 0.15) is 18.4 Å². The van der Waals surface area contributed by atoms with Gasteiger partial charge in [0.2, 0.25) is 5.91 Å². The minimum Gasteiger partial charge on any atom is -0.483 e. The zero-order valence-electron chi connectivity index (χ0n) is 11.5. The Morgan fingerprint density at radius 3 is 2.90 bits per heavy atom. The molecule has 1 aromatic carbocycles. The van der Waals surface area contributed by atoms with Crippen LogP contribution in [0.25, 0.3) is 5.70 Å². The summed E-state index contributed by atoms with van der Waals surface area (Å²) in [5, 5.41) is 0. The van der Waals surface area contributed by atoms with Crippen LogP contribution in [0.4, 0.5) is 0 Å². The van der Waals surface area contributed by atoms with Crippen LogP contribution in [-0.4, -0.2) is 30.0 Å². The molecule has 0 saturated carbocycles. The van der Waals surface area contributed by atoms with E-state index >= 15 is 0 Å². The SMILES string of the molecule is CSCOc1ccc(C2=[C-]CCC(=O)N2C)c(Br)c1.[Y]. The Kier molecular flexibility index (Phi) is 7.80. The third-order valence-electron chi connectivity index (χ3n) is 2.88. The topological polar surface area (TPSA) is 29.5 Å². The first-order chi connectivity index (χ1) is 9.13. The summed E-state index contributed by atoms with van der Waals surface area (Å²) in [7, 11) is 1.79. The molecule has 0 unspecified atom stereocenters. The number of hydrogen-bond donors (Lipinski definition) is 0. The molecule has 0 bridgehead atoms. The maximum absolute atomic E-state index is 11.7. The first kappa shape index (κ1) is 18.2. The summed E-state index contributed by atoms with van der Waals surface area (Å²) in [5.41, 5.74) is 1.80. The Balaban J connectivity index is 0.00000200. The van der Waals surface area contributed by atoms with Crippen molar-refractivity contribution in [1.82, 2.24) is 4.90 Å². The van der Waals surface area contributed by atoms with Crippen LogP contribution in [0.3, 0.4) is 0 Å². The van der Waals surface area contributed by atoms with Crippen molar-refractivity contribution in [2.75, 3.05) is 19.2 Å². The molecule has 0 spiro atoms. The molecule has 20 heavy (non-hydrogen) atoms. The summed E-state index contributed by atoms with van der Waals surface area (Å²) >= 11 is 5.16. The number of rotatable bonds is 4. The van der Waals surface area contributed by atoms with Gasteiger partial charge in [0.15, 0.2) is 0 Å². The number of nitrogens with zero attached hydrogens (tertiary/aromatic N) is 1. The molecule has 1 aliphatic heterocycles. The molecule has 0 aromatic heterocycles. The monoisotopic (exact) mass is 429 g/mol. The third kappa shape index (κ3) is 4.33. The Bertz CT molecular complexity index is 522. The fourth-order valence-electron chi connectivity index (χ4n) is 1.88. The van der Waals surface area contributed by atoms with Crippen LogP contribution in [0.2, 0.25) is 0 Å². The molecule has 0 saturated heterocycles. The molecule has 0 atom stereocenters. The van der Waals surface area contributed by atoms with E-state index in [0.29, 0.717) is 18.8 Å². The Morgan fingerprint density at radius 1 is 1.50 bits per heavy atom. The van der Waals surface area contributed by atoms with Gasteiger partial charge in [-0.25, -0.2) is 6.08 Å². The molecule has 0 aliphatic carbocycles. The molecule has 2 rings (SSSR count). The third-order valence-corrected chi connectivity index (χ3v) is 3.89. The minimum absolute atomic E-state index is 0. The average molecular weight is 430 g/mol. The van der Waals surface area contributed by atoms with E-state index < -0.39 is 0 Å². The largest absolute Gasteiger partial charge is 0.483 e. The Hall–Kier alpha value is 0.164. The smallest absolute Gasteiger partial charge is 0.222 e. The maximum atomic E-state index is 11.7. The first-order valence-corrected chi connectivity index (χ1v) is 8.11. The number of hydrogen-bond acceptors (Lipinski definition) is 3. The molecular formula is C14H15BrNO2SY-. The van der Waals surface area contributed by atoms with Crippen LogP contribution in [0.5, 0.6) is 5.75 Å². The second-order valence-corrected chi connectivity index (χ2v) is 5.84. The number of benzene rings is 1. The number of carbonyl (C=O) groups excluding carboxylic acids is 1. The van der Waals surface area contributed by atoms with Gasteiger partial charge >= 0.3 is 0 Å². The molecule has 105 valence electrons. The Morgan fingerprint density at radius 2 is 2.25 bits per heavy atom. The van der Waals surface area contributed by atoms with Gasteiger partial charge in [-0.15, -0.1) is 35.5 Å². The van der Waals surface area contributed by atoms with E-state index in [9.17, 15) is 4.79 Å². The van der Waals surface area contributed by atoms with Gasteiger partial charge in [0, 0.05) is 46.2 Å². The molecule has 1 amide bonds. The van der Waals surface area contributed by atoms with E-state index in [1.807, 2.05) is 24.5 Å². The number of thioether (sulfide) groups is 1.